The molecular weight excluding hydrogens is 92.1 g/mol. The minimum absolute atomic E-state index is 0. The smallest absolute Gasteiger partial charge is 0.146 e. The summed E-state index contributed by atoms with van der Waals surface area (Å²) in [4.78, 5) is 0. The first-order chi connectivity index (χ1) is 2.56. The molecular formula is C4H14OSi. The predicted molar refractivity (Wildman–Crippen MR) is 32.9 cm³/mol. The number of hydrogen-bond donors (Lipinski definition) is 0. The first kappa shape index (κ1) is 6.18. The molecule has 0 rings (SSSR count). The van der Waals surface area contributed by atoms with Crippen LogP contribution < -0.4 is 0 Å². The molecule has 0 unspecified atom stereocenters. The summed E-state index contributed by atoms with van der Waals surface area (Å²) in [5, 5.41) is 0. The summed E-state index contributed by atoms with van der Waals surface area (Å²) in [5.74, 6) is 0. The Hall–Kier alpha value is 0.177. The van der Waals surface area contributed by atoms with E-state index in [2.05, 4.69) is 20.8 Å². The van der Waals surface area contributed by atoms with Crippen LogP contribution in [-0.4, -0.2) is 16.1 Å². The maximum atomic E-state index is 5.08. The molecule has 0 aromatic rings. The monoisotopic (exact) mass is 106 g/mol. The van der Waals surface area contributed by atoms with E-state index in [0.717, 1.165) is 10.5 Å². The van der Waals surface area contributed by atoms with E-state index in [4.69, 9.17) is 4.43 Å². The van der Waals surface area contributed by atoms with Crippen molar-refractivity contribution in [3.63, 3.8) is 0 Å². The molecule has 0 spiro atoms. The van der Waals surface area contributed by atoms with Crippen LogP contribution in [-0.2, 0) is 4.43 Å². The van der Waals surface area contributed by atoms with Crippen LogP contribution in [0.1, 0.15) is 22.2 Å². The molecule has 2 heteroatoms. The number of hydrogen-bond acceptors (Lipinski definition) is 1. The molecule has 0 saturated heterocycles. The summed E-state index contributed by atoms with van der Waals surface area (Å²) in [7, 11) is 0.848. The van der Waals surface area contributed by atoms with E-state index in [9.17, 15) is 0 Å². The zero-order valence-electron chi connectivity index (χ0n) is 4.91. The van der Waals surface area contributed by atoms with Gasteiger partial charge in [0.2, 0.25) is 0 Å². The van der Waals surface area contributed by atoms with Crippen LogP contribution in [0, 0.1) is 0 Å². The molecule has 0 amide bonds. The zero-order valence-corrected chi connectivity index (χ0v) is 6.91. The van der Waals surface area contributed by atoms with Gasteiger partial charge in [0.25, 0.3) is 0 Å². The van der Waals surface area contributed by atoms with Gasteiger partial charge in [0.1, 0.15) is 10.5 Å². The molecule has 0 bridgehead atoms. The van der Waals surface area contributed by atoms with Crippen LogP contribution in [0.5, 0.6) is 0 Å². The van der Waals surface area contributed by atoms with Crippen LogP contribution in [0.3, 0.4) is 0 Å². The van der Waals surface area contributed by atoms with Crippen molar-refractivity contribution in [3.8, 4) is 0 Å². The van der Waals surface area contributed by atoms with Crippen molar-refractivity contribution in [2.75, 3.05) is 0 Å². The molecule has 1 nitrogen and oxygen atoms in total. The van der Waals surface area contributed by atoms with Gasteiger partial charge in [-0.3, -0.25) is 0 Å². The van der Waals surface area contributed by atoms with Gasteiger partial charge in [0.15, 0.2) is 0 Å². The Kier molecular flexibility index (Phi) is 1.81. The van der Waals surface area contributed by atoms with Gasteiger partial charge in [-0.25, -0.2) is 0 Å². The Morgan fingerprint density at radius 2 is 1.67 bits per heavy atom. The quantitative estimate of drug-likeness (QED) is 0.404. The lowest BCUT2D eigenvalue weighted by Crippen LogP contribution is -2.16. The molecule has 0 heterocycles. The molecule has 6 heavy (non-hydrogen) atoms. The fourth-order valence-electron chi connectivity index (χ4n) is 0. The largest absolute Gasteiger partial charge is 0.423 e. The van der Waals surface area contributed by atoms with Gasteiger partial charge >= 0.3 is 0 Å². The second kappa shape index (κ2) is 1.75. The normalized spacial score (nSPS) is 12.5. The Balaban J connectivity index is 0. The van der Waals surface area contributed by atoms with Crippen LogP contribution in [0.4, 0.5) is 0 Å². The first-order valence-electron chi connectivity index (χ1n) is 2.11. The topological polar surface area (TPSA) is 9.23 Å². The van der Waals surface area contributed by atoms with E-state index >= 15 is 0 Å². The number of rotatable bonds is 0. The minimum atomic E-state index is 0. The summed E-state index contributed by atoms with van der Waals surface area (Å²) < 4.78 is 5.08. The van der Waals surface area contributed by atoms with E-state index in [1.807, 2.05) is 0 Å². The van der Waals surface area contributed by atoms with E-state index in [-0.39, 0.29) is 7.03 Å². The highest BCUT2D eigenvalue weighted by molar-refractivity contribution is 5.98. The van der Waals surface area contributed by atoms with Gasteiger partial charge in [-0.1, -0.05) is 0 Å². The van der Waals surface area contributed by atoms with Gasteiger partial charge in [0.05, 0.1) is 0 Å². The molecule has 0 aliphatic rings. The summed E-state index contributed by atoms with van der Waals surface area (Å²) >= 11 is 0. The third-order valence-corrected chi connectivity index (χ3v) is 1.84. The van der Waals surface area contributed by atoms with Gasteiger partial charge in [-0.2, -0.15) is 0 Å². The highest BCUT2D eigenvalue weighted by Gasteiger charge is 2.03. The molecule has 0 fully saturated rings. The first-order valence-corrected chi connectivity index (χ1v) is 2.93. The van der Waals surface area contributed by atoms with Crippen molar-refractivity contribution < 1.29 is 5.85 Å². The van der Waals surface area contributed by atoms with Gasteiger partial charge < -0.3 is 4.43 Å². The van der Waals surface area contributed by atoms with Crippen molar-refractivity contribution in [3.05, 3.63) is 0 Å². The second-order valence-corrected chi connectivity index (χ2v) is 2.72. The lowest BCUT2D eigenvalue weighted by atomic mass is 10.2. The standard InChI is InChI=1S/C4H12OSi.H2/c1-4(2,3)5-6;/h1-3,6H3;1H. The Morgan fingerprint density at radius 1 is 1.50 bits per heavy atom. The molecule has 0 N–H and O–H groups in total. The van der Waals surface area contributed by atoms with E-state index in [1.54, 1.807) is 0 Å². The third-order valence-electron chi connectivity index (χ3n) is 0.612. The van der Waals surface area contributed by atoms with Crippen molar-refractivity contribution in [1.82, 2.24) is 0 Å². The van der Waals surface area contributed by atoms with Crippen molar-refractivity contribution in [2.45, 2.75) is 26.4 Å². The minimum Gasteiger partial charge on any atom is -0.423 e. The Bertz CT molecular complexity index is 41.4. The van der Waals surface area contributed by atoms with Crippen molar-refractivity contribution in [1.29, 1.82) is 0 Å². The maximum absolute atomic E-state index is 5.08. The predicted octanol–water partition coefficient (Wildman–Crippen LogP) is 0.328. The molecule has 0 aromatic heterocycles. The highest BCUT2D eigenvalue weighted by atomic mass is 28.2. The summed E-state index contributed by atoms with van der Waals surface area (Å²) in [6.45, 7) is 6.17. The maximum Gasteiger partial charge on any atom is 0.146 e. The Labute approximate surface area is 43.7 Å². The fourth-order valence-corrected chi connectivity index (χ4v) is 0. The van der Waals surface area contributed by atoms with Crippen LogP contribution in [0.2, 0.25) is 0 Å². The molecule has 0 aliphatic carbocycles. The summed E-state index contributed by atoms with van der Waals surface area (Å²) in [5.41, 5.74) is 0.103. The van der Waals surface area contributed by atoms with E-state index in [0.29, 0.717) is 0 Å². The van der Waals surface area contributed by atoms with E-state index in [1.165, 1.54) is 0 Å². The van der Waals surface area contributed by atoms with Gasteiger partial charge in [0, 0.05) is 7.03 Å². The molecule has 0 atom stereocenters. The molecule has 0 saturated carbocycles. The lowest BCUT2D eigenvalue weighted by molar-refractivity contribution is 0.147. The second-order valence-electron chi connectivity index (χ2n) is 2.32. The molecule has 0 aromatic carbocycles. The van der Waals surface area contributed by atoms with E-state index < -0.39 is 0 Å². The average Bonchev–Trinajstić information content (AvgIpc) is 1.35. The van der Waals surface area contributed by atoms with Crippen LogP contribution in [0.15, 0.2) is 0 Å². The average molecular weight is 106 g/mol. The van der Waals surface area contributed by atoms with Gasteiger partial charge in [-0.15, -0.1) is 0 Å². The zero-order chi connectivity index (χ0) is 5.21. The SMILES string of the molecule is CC(C)(C)O[SiH3].[HH]. The summed E-state index contributed by atoms with van der Waals surface area (Å²) in [6, 6.07) is 0. The highest BCUT2D eigenvalue weighted by Crippen LogP contribution is 2.01. The molecule has 40 valence electrons. The molecule has 0 aliphatic heterocycles. The Morgan fingerprint density at radius 3 is 1.67 bits per heavy atom. The third kappa shape index (κ3) is 4.18. The van der Waals surface area contributed by atoms with Gasteiger partial charge in [-0.05, 0) is 20.8 Å². The van der Waals surface area contributed by atoms with Crippen molar-refractivity contribution in [2.24, 2.45) is 0 Å². The summed E-state index contributed by atoms with van der Waals surface area (Å²) in [6.07, 6.45) is 0. The van der Waals surface area contributed by atoms with Crippen LogP contribution >= 0.6 is 0 Å². The van der Waals surface area contributed by atoms with Crippen molar-refractivity contribution >= 4 is 10.5 Å². The molecule has 0 radical (unpaired) electrons. The lowest BCUT2D eigenvalue weighted by Gasteiger charge is -2.15. The van der Waals surface area contributed by atoms with Crippen LogP contribution in [0.25, 0.3) is 0 Å². The fraction of sp³-hybridized carbons (Fsp3) is 1.00.